The number of imide groups is 1. The normalized spacial score (nSPS) is 26.9. The second-order valence-corrected chi connectivity index (χ2v) is 4.17. The Kier molecular flexibility index (Phi) is 2.46. The fourth-order valence-corrected chi connectivity index (χ4v) is 1.98. The lowest BCUT2D eigenvalue weighted by Crippen LogP contribution is -2.46. The number of hydrogen-bond donors (Lipinski definition) is 1. The van der Waals surface area contributed by atoms with Crippen molar-refractivity contribution in [1.82, 2.24) is 4.90 Å². The van der Waals surface area contributed by atoms with E-state index in [1.807, 2.05) is 0 Å². The van der Waals surface area contributed by atoms with E-state index in [2.05, 4.69) is 0 Å². The van der Waals surface area contributed by atoms with E-state index in [9.17, 15) is 14.4 Å². The molecule has 0 aromatic heterocycles. The van der Waals surface area contributed by atoms with E-state index in [1.165, 1.54) is 4.90 Å². The molecule has 5 heteroatoms. The number of carbonyl (C=O) groups is 3. The maximum absolute atomic E-state index is 11.8. The molecule has 2 rings (SSSR count). The van der Waals surface area contributed by atoms with Gasteiger partial charge in [-0.2, -0.15) is 0 Å². The Hall–Kier alpha value is -1.39. The minimum absolute atomic E-state index is 0.0570. The number of aliphatic carboxylic acids is 1. The van der Waals surface area contributed by atoms with Crippen LogP contribution in [0.2, 0.25) is 0 Å². The van der Waals surface area contributed by atoms with Crippen LogP contribution in [0.5, 0.6) is 0 Å². The summed E-state index contributed by atoms with van der Waals surface area (Å²) < 4.78 is 0. The van der Waals surface area contributed by atoms with Crippen LogP contribution in [0, 0.1) is 5.92 Å². The van der Waals surface area contributed by atoms with Crippen molar-refractivity contribution >= 4 is 17.8 Å². The fraction of sp³-hybridized carbons (Fsp3) is 0.700. The van der Waals surface area contributed by atoms with Gasteiger partial charge in [-0.05, 0) is 19.3 Å². The summed E-state index contributed by atoms with van der Waals surface area (Å²) in [6, 6.07) is 0.0570. The van der Waals surface area contributed by atoms with Gasteiger partial charge in [0.25, 0.3) is 0 Å². The van der Waals surface area contributed by atoms with Gasteiger partial charge < -0.3 is 5.11 Å². The molecule has 2 aliphatic rings. The van der Waals surface area contributed by atoms with Gasteiger partial charge in [0.15, 0.2) is 0 Å². The Morgan fingerprint density at radius 3 is 2.53 bits per heavy atom. The van der Waals surface area contributed by atoms with Crippen LogP contribution in [0.4, 0.5) is 0 Å². The van der Waals surface area contributed by atoms with E-state index in [4.69, 9.17) is 5.11 Å². The number of hydrogen-bond acceptors (Lipinski definition) is 3. The molecule has 1 aliphatic heterocycles. The Bertz CT molecular complexity index is 321. The molecule has 1 unspecified atom stereocenters. The van der Waals surface area contributed by atoms with Crippen LogP contribution in [0.15, 0.2) is 0 Å². The summed E-state index contributed by atoms with van der Waals surface area (Å²) in [6.07, 6.45) is 2.28. The van der Waals surface area contributed by atoms with Crippen LogP contribution in [0.1, 0.15) is 32.1 Å². The van der Waals surface area contributed by atoms with Gasteiger partial charge >= 0.3 is 5.97 Å². The van der Waals surface area contributed by atoms with Crippen LogP contribution in [-0.2, 0) is 14.4 Å². The molecular weight excluding hydrogens is 198 g/mol. The summed E-state index contributed by atoms with van der Waals surface area (Å²) >= 11 is 0. The van der Waals surface area contributed by atoms with Gasteiger partial charge in [-0.15, -0.1) is 0 Å². The molecule has 1 atom stereocenters. The molecule has 0 aromatic carbocycles. The van der Waals surface area contributed by atoms with Crippen LogP contribution in [0.25, 0.3) is 0 Å². The van der Waals surface area contributed by atoms with Gasteiger partial charge in [-0.1, -0.05) is 0 Å². The average molecular weight is 211 g/mol. The van der Waals surface area contributed by atoms with Crippen molar-refractivity contribution in [1.29, 1.82) is 0 Å². The van der Waals surface area contributed by atoms with Crippen molar-refractivity contribution in [3.63, 3.8) is 0 Å². The third kappa shape index (κ3) is 2.00. The smallest absolute Gasteiger partial charge is 0.304 e. The van der Waals surface area contributed by atoms with E-state index in [0.717, 1.165) is 12.8 Å². The van der Waals surface area contributed by atoms with Gasteiger partial charge in [-0.3, -0.25) is 19.3 Å². The molecule has 2 amide bonds. The first kappa shape index (κ1) is 10.1. The summed E-state index contributed by atoms with van der Waals surface area (Å²) in [7, 11) is 0. The van der Waals surface area contributed by atoms with E-state index in [0.29, 0.717) is 12.8 Å². The molecule has 82 valence electrons. The maximum atomic E-state index is 11.8. The molecule has 1 heterocycles. The summed E-state index contributed by atoms with van der Waals surface area (Å²) in [4.78, 5) is 35.1. The van der Waals surface area contributed by atoms with Crippen molar-refractivity contribution in [2.45, 2.75) is 38.1 Å². The molecule has 1 N–H and O–H groups in total. The predicted octanol–water partition coefficient (Wildman–Crippen LogP) is 0.389. The topological polar surface area (TPSA) is 74.7 Å². The summed E-state index contributed by atoms with van der Waals surface area (Å²) in [5.41, 5.74) is 0. The molecule has 0 bridgehead atoms. The molecule has 1 saturated heterocycles. The van der Waals surface area contributed by atoms with E-state index in [-0.39, 0.29) is 24.3 Å². The first-order valence-electron chi connectivity index (χ1n) is 5.17. The number of amides is 2. The fourth-order valence-electron chi connectivity index (χ4n) is 1.98. The number of piperidine rings is 1. The second kappa shape index (κ2) is 3.64. The monoisotopic (exact) mass is 211 g/mol. The first-order valence-corrected chi connectivity index (χ1v) is 5.17. The van der Waals surface area contributed by atoms with Gasteiger partial charge in [0.05, 0.1) is 6.42 Å². The summed E-state index contributed by atoms with van der Waals surface area (Å²) in [5.74, 6) is -1.89. The van der Waals surface area contributed by atoms with E-state index >= 15 is 0 Å². The molecular formula is C10H13NO4. The van der Waals surface area contributed by atoms with Crippen molar-refractivity contribution in [2.24, 2.45) is 5.92 Å². The lowest BCUT2D eigenvalue weighted by molar-refractivity contribution is -0.155. The lowest BCUT2D eigenvalue weighted by Gasteiger charge is -2.29. The molecule has 0 radical (unpaired) electrons. The Morgan fingerprint density at radius 1 is 1.33 bits per heavy atom. The second-order valence-electron chi connectivity index (χ2n) is 4.17. The number of likely N-dealkylation sites (tertiary alicyclic amines) is 1. The molecule has 0 aromatic rings. The van der Waals surface area contributed by atoms with Crippen molar-refractivity contribution < 1.29 is 19.5 Å². The highest BCUT2D eigenvalue weighted by Crippen LogP contribution is 2.33. The lowest BCUT2D eigenvalue weighted by atomic mass is 9.93. The zero-order valence-electron chi connectivity index (χ0n) is 8.31. The zero-order valence-corrected chi connectivity index (χ0v) is 8.31. The Labute approximate surface area is 87.1 Å². The predicted molar refractivity (Wildman–Crippen MR) is 49.9 cm³/mol. The minimum atomic E-state index is -0.974. The van der Waals surface area contributed by atoms with Crippen LogP contribution >= 0.6 is 0 Å². The van der Waals surface area contributed by atoms with Gasteiger partial charge in [-0.25, -0.2) is 0 Å². The summed E-state index contributed by atoms with van der Waals surface area (Å²) in [5, 5.41) is 8.63. The van der Waals surface area contributed by atoms with Crippen LogP contribution < -0.4 is 0 Å². The van der Waals surface area contributed by atoms with Crippen molar-refractivity contribution in [2.75, 3.05) is 0 Å². The van der Waals surface area contributed by atoms with E-state index < -0.39 is 11.9 Å². The average Bonchev–Trinajstić information content (AvgIpc) is 2.94. The number of nitrogens with zero attached hydrogens (tertiary/aromatic N) is 1. The van der Waals surface area contributed by atoms with Gasteiger partial charge in [0.1, 0.15) is 0 Å². The number of carboxylic acids is 1. The highest BCUT2D eigenvalue weighted by molar-refractivity contribution is 6.00. The van der Waals surface area contributed by atoms with Crippen molar-refractivity contribution in [3.8, 4) is 0 Å². The highest BCUT2D eigenvalue weighted by atomic mass is 16.4. The largest absolute Gasteiger partial charge is 0.481 e. The molecule has 1 aliphatic carbocycles. The van der Waals surface area contributed by atoms with Crippen LogP contribution in [0.3, 0.4) is 0 Å². The third-order valence-corrected chi connectivity index (χ3v) is 2.90. The van der Waals surface area contributed by atoms with Crippen molar-refractivity contribution in [3.05, 3.63) is 0 Å². The first-order chi connectivity index (χ1) is 7.09. The van der Waals surface area contributed by atoms with Crippen LogP contribution in [-0.4, -0.2) is 33.8 Å². The standard InChI is InChI=1S/C10H13NO4/c12-8-4-1-6(5-9(13)14)10(15)11(8)7-2-3-7/h6-7H,1-5H2,(H,13,14). The van der Waals surface area contributed by atoms with Gasteiger partial charge in [0, 0.05) is 18.4 Å². The molecule has 1 saturated carbocycles. The SMILES string of the molecule is O=C(O)CC1CCC(=O)N(C2CC2)C1=O. The van der Waals surface area contributed by atoms with Gasteiger partial charge in [0.2, 0.25) is 11.8 Å². The molecule has 15 heavy (non-hydrogen) atoms. The Balaban J connectivity index is 2.07. The third-order valence-electron chi connectivity index (χ3n) is 2.90. The quantitative estimate of drug-likeness (QED) is 0.685. The summed E-state index contributed by atoms with van der Waals surface area (Å²) in [6.45, 7) is 0. The number of carbonyl (C=O) groups excluding carboxylic acids is 2. The number of rotatable bonds is 3. The Morgan fingerprint density at radius 2 is 2.00 bits per heavy atom. The molecule has 5 nitrogen and oxygen atoms in total. The van der Waals surface area contributed by atoms with E-state index in [1.54, 1.807) is 0 Å². The highest BCUT2D eigenvalue weighted by Gasteiger charge is 2.43. The maximum Gasteiger partial charge on any atom is 0.304 e. The molecule has 0 spiro atoms. The number of carboxylic acid groups (broad SMARTS) is 1. The molecule has 2 fully saturated rings. The zero-order chi connectivity index (χ0) is 11.0. The minimum Gasteiger partial charge on any atom is -0.481 e.